The molecule has 2 aromatic heterocycles. The minimum atomic E-state index is -5.03. The number of aliphatic hydroxyl groups excluding tert-OH is 1. The molecule has 0 bridgehead atoms. The molecule has 0 radical (unpaired) electrons. The summed E-state index contributed by atoms with van der Waals surface area (Å²) in [5.74, 6) is -5.51. The number of nitrogens with zero attached hydrogens (tertiary/aromatic N) is 4. The number of nitrogens with one attached hydrogen (secondary N) is 6. The molecule has 2 saturated heterocycles. The fraction of sp³-hybridized carbons (Fsp3) is 0.439. The molecule has 81 heavy (non-hydrogen) atoms. The summed E-state index contributed by atoms with van der Waals surface area (Å²) in [4.78, 5) is 106. The van der Waals surface area contributed by atoms with Crippen molar-refractivity contribution >= 4 is 58.2 Å². The van der Waals surface area contributed by atoms with Crippen molar-refractivity contribution in [3.63, 3.8) is 0 Å². The number of β-amino-alcohol motifs (C(OH)–C–C–N with tert-alkyl or cyclic N) is 1. The molecule has 1 saturated carbocycles. The van der Waals surface area contributed by atoms with Gasteiger partial charge >= 0.3 is 6.18 Å². The summed E-state index contributed by atoms with van der Waals surface area (Å²) >= 11 is 1.44. The first-order valence-electron chi connectivity index (χ1n) is 26.5. The summed E-state index contributed by atoms with van der Waals surface area (Å²) in [6.45, 7) is 11.5. The zero-order valence-corrected chi connectivity index (χ0v) is 46.5. The number of aromatic nitrogens is 2. The van der Waals surface area contributed by atoms with Gasteiger partial charge in [0.25, 0.3) is 17.7 Å². The molecule has 0 spiro atoms. The minimum Gasteiger partial charge on any atom is -0.391 e. The number of aryl methyl sites for hydroxylation is 1. The standard InChI is InChI=1S/C57H65F5N10O8S/c1-30-26-71(27-31(2)70(30)7)44-15-13-35(21-43(44)68-51(77)39-25-65-46(74)23-40(39)57(60,61)62)38-14-12-36(20-41(38)58)50(76)64-19-18-63-47(75)24-42(33-8-10-34(11-9-33)48-32(3)66-29-81-48)67-52(78)45-22-37(73)28-72(45)53(79)49(55(4,5)6)69-54(80)56(59)16-17-56/h8-15,20-21,23,25,29-31,37,42,45,49,73H,16-19,22,24,26-28H2,1-7H3,(H,63,75)(H,64,76)(H,65,74)(H,67,78)(H,68,77)(H,69,80)/t30-,31+,37-,42?,45+,49?/m1/s1. The Hall–Kier alpha value is -7.57. The lowest BCUT2D eigenvalue weighted by molar-refractivity contribution is -0.145. The molecule has 7 N–H and O–H groups in total. The number of anilines is 2. The van der Waals surface area contributed by atoms with Gasteiger partial charge in [0.2, 0.25) is 23.3 Å². The summed E-state index contributed by atoms with van der Waals surface area (Å²) in [5.41, 5.74) is -1.71. The third-order valence-electron chi connectivity index (χ3n) is 15.1. The number of hydrogen-bond acceptors (Lipinski definition) is 12. The van der Waals surface area contributed by atoms with Crippen LogP contribution < -0.4 is 37.0 Å². The smallest absolute Gasteiger partial charge is 0.391 e. The van der Waals surface area contributed by atoms with Crippen molar-refractivity contribution in [3.8, 4) is 21.6 Å². The minimum absolute atomic E-state index is 0.00174. The van der Waals surface area contributed by atoms with Gasteiger partial charge in [0.1, 0.15) is 17.9 Å². The fourth-order valence-corrected chi connectivity index (χ4v) is 10.9. The largest absolute Gasteiger partial charge is 0.417 e. The number of likely N-dealkylation sites (N-methyl/N-ethyl adjacent to an activating group) is 1. The van der Waals surface area contributed by atoms with Gasteiger partial charge in [0.05, 0.1) is 57.1 Å². The second-order valence-corrected chi connectivity index (χ2v) is 23.0. The van der Waals surface area contributed by atoms with Gasteiger partial charge in [-0.1, -0.05) is 57.2 Å². The van der Waals surface area contributed by atoms with Gasteiger partial charge in [-0.3, -0.25) is 38.5 Å². The van der Waals surface area contributed by atoms with Gasteiger partial charge in [-0.05, 0) is 87.0 Å². The number of likely N-dealkylation sites (tertiary alicyclic amines) is 1. The van der Waals surface area contributed by atoms with Crippen LogP contribution >= 0.6 is 11.3 Å². The Morgan fingerprint density at radius 3 is 2.16 bits per heavy atom. The van der Waals surface area contributed by atoms with Gasteiger partial charge in [0, 0.05) is 74.6 Å². The number of H-pyrrole nitrogens is 1. The number of halogens is 5. The lowest BCUT2D eigenvalue weighted by Crippen LogP contribution is -2.59. The van der Waals surface area contributed by atoms with Crippen LogP contribution in [0.2, 0.25) is 0 Å². The number of amides is 6. The average Bonchev–Trinajstić information content (AvgIpc) is 4.11. The molecular weight excluding hydrogens is 1080 g/mol. The van der Waals surface area contributed by atoms with E-state index in [2.05, 4.69) is 41.5 Å². The Labute approximate surface area is 468 Å². The van der Waals surface area contributed by atoms with Crippen molar-refractivity contribution in [2.45, 2.75) is 115 Å². The van der Waals surface area contributed by atoms with E-state index in [1.807, 2.05) is 44.9 Å². The van der Waals surface area contributed by atoms with Crippen LogP contribution in [0.4, 0.5) is 33.3 Å². The third kappa shape index (κ3) is 13.8. The molecule has 3 aromatic carbocycles. The van der Waals surface area contributed by atoms with Crippen LogP contribution in [-0.4, -0.2) is 136 Å². The van der Waals surface area contributed by atoms with Crippen LogP contribution in [0, 0.1) is 18.2 Å². The Morgan fingerprint density at radius 1 is 0.877 bits per heavy atom. The number of alkyl halides is 4. The topological polar surface area (TPSA) is 238 Å². The van der Waals surface area contributed by atoms with Crippen LogP contribution in [0.15, 0.2) is 83.2 Å². The molecule has 8 rings (SSSR count). The summed E-state index contributed by atoms with van der Waals surface area (Å²) < 4.78 is 73.0. The predicted octanol–water partition coefficient (Wildman–Crippen LogP) is 6.50. The maximum absolute atomic E-state index is 16.1. The molecule has 1 aliphatic carbocycles. The normalized spacial score (nSPS) is 19.8. The van der Waals surface area contributed by atoms with Crippen molar-refractivity contribution in [2.75, 3.05) is 50.0 Å². The number of aliphatic hydroxyl groups is 1. The van der Waals surface area contributed by atoms with Crippen LogP contribution in [0.3, 0.4) is 0 Å². The van der Waals surface area contributed by atoms with Crippen molar-refractivity contribution in [3.05, 3.63) is 123 Å². The maximum Gasteiger partial charge on any atom is 0.417 e. The second-order valence-electron chi connectivity index (χ2n) is 22.2. The summed E-state index contributed by atoms with van der Waals surface area (Å²) in [7, 11) is 1.97. The number of piperazine rings is 1. The maximum atomic E-state index is 16.1. The highest BCUT2D eigenvalue weighted by Crippen LogP contribution is 2.41. The van der Waals surface area contributed by atoms with E-state index < -0.39 is 99.4 Å². The number of thiazole rings is 1. The quantitative estimate of drug-likeness (QED) is 0.0392. The van der Waals surface area contributed by atoms with Gasteiger partial charge in [-0.2, -0.15) is 13.2 Å². The lowest BCUT2D eigenvalue weighted by atomic mass is 9.85. The first-order chi connectivity index (χ1) is 38.1. The van der Waals surface area contributed by atoms with E-state index in [0.29, 0.717) is 36.6 Å². The number of aromatic amines is 1. The molecule has 6 atom stereocenters. The van der Waals surface area contributed by atoms with Crippen molar-refractivity contribution in [2.24, 2.45) is 5.41 Å². The molecule has 6 amide bonds. The predicted molar refractivity (Wildman–Crippen MR) is 294 cm³/mol. The zero-order chi connectivity index (χ0) is 58.9. The van der Waals surface area contributed by atoms with Crippen molar-refractivity contribution < 1.29 is 55.8 Å². The van der Waals surface area contributed by atoms with E-state index in [-0.39, 0.29) is 79.8 Å². The van der Waals surface area contributed by atoms with Crippen LogP contribution in [0.5, 0.6) is 0 Å². The first kappa shape index (κ1) is 59.5. The SMILES string of the molecule is Cc1ncsc1-c1ccc(C(CC(=O)NCCNC(=O)c2ccc(-c3ccc(N4C[C@@H](C)N(C)[C@@H](C)C4)c(NC(=O)c4c[nH]c(=O)cc4C(F)(F)F)c3)c(F)c2)NC(=O)[C@@H]2C[C@@H](O)CN2C(=O)C(NC(=O)C2(F)CC2)C(C)(C)C)cc1. The Morgan fingerprint density at radius 2 is 1.54 bits per heavy atom. The Bertz CT molecular complexity index is 3260. The highest BCUT2D eigenvalue weighted by molar-refractivity contribution is 7.13. The number of hydrogen-bond donors (Lipinski definition) is 7. The Kier molecular flexibility index (Phi) is 17.5. The monoisotopic (exact) mass is 1140 g/mol. The van der Waals surface area contributed by atoms with Crippen molar-refractivity contribution in [1.29, 1.82) is 0 Å². The highest BCUT2D eigenvalue weighted by Gasteiger charge is 2.53. The first-order valence-corrected chi connectivity index (χ1v) is 27.4. The highest BCUT2D eigenvalue weighted by atomic mass is 32.1. The van der Waals surface area contributed by atoms with Crippen LogP contribution in [-0.2, 0) is 25.4 Å². The third-order valence-corrected chi connectivity index (χ3v) is 16.0. The molecule has 18 nitrogen and oxygen atoms in total. The van der Waals surface area contributed by atoms with Crippen LogP contribution in [0.1, 0.15) is 104 Å². The second kappa shape index (κ2) is 23.9. The molecule has 5 aromatic rings. The molecule has 2 unspecified atom stereocenters. The van der Waals surface area contributed by atoms with Gasteiger partial charge in [0.15, 0.2) is 5.67 Å². The van der Waals surface area contributed by atoms with E-state index in [4.69, 9.17) is 0 Å². The summed E-state index contributed by atoms with van der Waals surface area (Å²) in [6.07, 6.45) is -5.84. The fourth-order valence-electron chi connectivity index (χ4n) is 10.1. The van der Waals surface area contributed by atoms with Crippen LogP contribution in [0.25, 0.3) is 21.6 Å². The van der Waals surface area contributed by atoms with Gasteiger partial charge in [-0.25, -0.2) is 13.8 Å². The molecule has 4 heterocycles. The van der Waals surface area contributed by atoms with Crippen molar-refractivity contribution in [1.82, 2.24) is 41.0 Å². The molecule has 24 heteroatoms. The number of benzene rings is 3. The zero-order valence-electron chi connectivity index (χ0n) is 45.7. The van der Waals surface area contributed by atoms with E-state index in [9.17, 15) is 56.2 Å². The van der Waals surface area contributed by atoms with E-state index >= 15 is 4.39 Å². The Balaban J connectivity index is 0.938. The molecule has 3 aliphatic rings. The number of carbonyl (C=O) groups excluding carboxylic acids is 6. The number of rotatable bonds is 17. The van der Waals surface area contributed by atoms with E-state index in [1.54, 1.807) is 50.5 Å². The van der Waals surface area contributed by atoms with E-state index in [0.717, 1.165) is 22.2 Å². The molecule has 432 valence electrons. The lowest BCUT2D eigenvalue weighted by Gasteiger charge is -2.44. The molecule has 2 aliphatic heterocycles. The summed E-state index contributed by atoms with van der Waals surface area (Å²) in [6, 6.07) is 12.4. The number of carbonyl (C=O) groups is 6. The van der Waals surface area contributed by atoms with Gasteiger partial charge < -0.3 is 46.5 Å². The van der Waals surface area contributed by atoms with Gasteiger partial charge in [-0.15, -0.1) is 11.3 Å². The van der Waals surface area contributed by atoms with E-state index in [1.165, 1.54) is 34.4 Å². The summed E-state index contributed by atoms with van der Waals surface area (Å²) in [5, 5.41) is 24.2. The molecular formula is C57H65F5N10O8S. The molecule has 3 fully saturated rings. The number of pyridine rings is 1. The average molecular weight is 1150 g/mol.